The normalized spacial score (nSPS) is 10.5. The number of ether oxygens (including phenoxy) is 1. The van der Waals surface area contributed by atoms with Crippen LogP contribution in [0, 0.1) is 0 Å². The van der Waals surface area contributed by atoms with E-state index in [4.69, 9.17) is 19.4 Å². The number of benzene rings is 1. The van der Waals surface area contributed by atoms with Crippen LogP contribution in [0.4, 0.5) is 0 Å². The number of furan rings is 1. The largest absolute Gasteiger partial charge is 0.484 e. The van der Waals surface area contributed by atoms with Crippen LogP contribution in [0.25, 0.3) is 11.4 Å². The molecule has 21 heavy (non-hydrogen) atoms. The molecule has 7 nitrogen and oxygen atoms in total. The Balaban J connectivity index is 1.68. The Morgan fingerprint density at radius 3 is 3.00 bits per heavy atom. The van der Waals surface area contributed by atoms with Gasteiger partial charge in [0, 0.05) is 5.56 Å². The summed E-state index contributed by atoms with van der Waals surface area (Å²) >= 11 is 0. The fraction of sp³-hybridized carbons (Fsp3) is 0.0714. The minimum absolute atomic E-state index is 0.0903. The van der Waals surface area contributed by atoms with E-state index in [0.29, 0.717) is 23.0 Å². The number of rotatable bonds is 5. The molecule has 2 aromatic heterocycles. The van der Waals surface area contributed by atoms with Gasteiger partial charge in [0.1, 0.15) is 12.0 Å². The number of carbonyl (C=O) groups excluding carboxylic acids is 1. The molecule has 0 aliphatic rings. The van der Waals surface area contributed by atoms with Gasteiger partial charge in [-0.1, -0.05) is 11.2 Å². The number of primary amides is 1. The molecule has 1 aromatic carbocycles. The van der Waals surface area contributed by atoms with E-state index in [1.54, 1.807) is 30.3 Å². The van der Waals surface area contributed by atoms with Crippen LogP contribution in [0.5, 0.6) is 5.75 Å². The summed E-state index contributed by atoms with van der Waals surface area (Å²) in [6.45, 7) is 0.0903. The summed E-state index contributed by atoms with van der Waals surface area (Å²) in [7, 11) is 0. The molecule has 106 valence electrons. The van der Waals surface area contributed by atoms with Gasteiger partial charge in [-0.3, -0.25) is 4.79 Å². The fourth-order valence-corrected chi connectivity index (χ4v) is 1.71. The molecule has 0 saturated carbocycles. The third-order valence-electron chi connectivity index (χ3n) is 2.73. The molecule has 0 atom stereocenters. The molecular formula is C14H11N3O4. The predicted molar refractivity (Wildman–Crippen MR) is 71.3 cm³/mol. The van der Waals surface area contributed by atoms with Crippen LogP contribution in [-0.2, 0) is 6.61 Å². The predicted octanol–water partition coefficient (Wildman–Crippen LogP) is 2.01. The second kappa shape index (κ2) is 5.49. The van der Waals surface area contributed by atoms with Crippen LogP contribution in [0.1, 0.15) is 16.2 Å². The quantitative estimate of drug-likeness (QED) is 0.768. The monoisotopic (exact) mass is 285 g/mol. The zero-order valence-corrected chi connectivity index (χ0v) is 10.9. The van der Waals surface area contributed by atoms with Gasteiger partial charge in [0.25, 0.3) is 5.89 Å². The average molecular weight is 285 g/mol. The lowest BCUT2D eigenvalue weighted by atomic mass is 10.2. The number of nitrogens with zero attached hydrogens (tertiary/aromatic N) is 2. The Bertz CT molecular complexity index is 749. The maximum absolute atomic E-state index is 11.1. The highest BCUT2D eigenvalue weighted by molar-refractivity contribution is 5.93. The summed E-state index contributed by atoms with van der Waals surface area (Å²) in [6.07, 6.45) is 3.04. The van der Waals surface area contributed by atoms with E-state index in [1.165, 1.54) is 12.5 Å². The molecule has 0 unspecified atom stereocenters. The molecule has 0 aliphatic heterocycles. The van der Waals surface area contributed by atoms with Crippen molar-refractivity contribution < 1.29 is 18.5 Å². The van der Waals surface area contributed by atoms with E-state index in [0.717, 1.165) is 5.56 Å². The third-order valence-corrected chi connectivity index (χ3v) is 2.73. The van der Waals surface area contributed by atoms with Crippen LogP contribution < -0.4 is 10.5 Å². The number of hydrogen-bond acceptors (Lipinski definition) is 6. The summed E-state index contributed by atoms with van der Waals surface area (Å²) in [5.41, 5.74) is 6.30. The molecule has 0 saturated heterocycles. The lowest BCUT2D eigenvalue weighted by Gasteiger charge is -2.03. The number of amides is 1. The molecule has 1 amide bonds. The topological polar surface area (TPSA) is 104 Å². The Morgan fingerprint density at radius 2 is 2.24 bits per heavy atom. The van der Waals surface area contributed by atoms with Gasteiger partial charge in [-0.25, -0.2) is 0 Å². The Morgan fingerprint density at radius 1 is 1.33 bits per heavy atom. The molecule has 3 rings (SSSR count). The molecular weight excluding hydrogens is 274 g/mol. The molecule has 2 heterocycles. The molecule has 0 radical (unpaired) electrons. The van der Waals surface area contributed by atoms with E-state index in [1.807, 2.05) is 0 Å². The lowest BCUT2D eigenvalue weighted by Crippen LogP contribution is -2.10. The van der Waals surface area contributed by atoms with E-state index in [2.05, 4.69) is 10.1 Å². The number of nitrogens with two attached hydrogens (primary N) is 1. The van der Waals surface area contributed by atoms with Crippen molar-refractivity contribution >= 4 is 5.91 Å². The highest BCUT2D eigenvalue weighted by Gasteiger charge is 2.10. The second-order valence-electron chi connectivity index (χ2n) is 4.20. The van der Waals surface area contributed by atoms with Crippen molar-refractivity contribution in [2.45, 2.75) is 6.61 Å². The van der Waals surface area contributed by atoms with Crippen LogP contribution in [0.3, 0.4) is 0 Å². The number of hydrogen-bond donors (Lipinski definition) is 1. The first kappa shape index (κ1) is 12.9. The Kier molecular flexibility index (Phi) is 3.38. The first-order valence-electron chi connectivity index (χ1n) is 6.10. The first-order valence-corrected chi connectivity index (χ1v) is 6.10. The maximum atomic E-state index is 11.1. The molecule has 0 spiro atoms. The Hall–Kier alpha value is -3.09. The van der Waals surface area contributed by atoms with Crippen molar-refractivity contribution in [3.63, 3.8) is 0 Å². The lowest BCUT2D eigenvalue weighted by molar-refractivity contribution is 0.1000. The summed E-state index contributed by atoms with van der Waals surface area (Å²) < 4.78 is 15.5. The highest BCUT2D eigenvalue weighted by atomic mass is 16.5. The van der Waals surface area contributed by atoms with Crippen LogP contribution in [0.2, 0.25) is 0 Å². The van der Waals surface area contributed by atoms with Gasteiger partial charge in [-0.2, -0.15) is 4.98 Å². The van der Waals surface area contributed by atoms with Crippen LogP contribution in [0.15, 0.2) is 51.8 Å². The zero-order valence-electron chi connectivity index (χ0n) is 10.9. The van der Waals surface area contributed by atoms with Crippen LogP contribution >= 0.6 is 0 Å². The second-order valence-corrected chi connectivity index (χ2v) is 4.20. The van der Waals surface area contributed by atoms with Gasteiger partial charge in [-0.05, 0) is 24.3 Å². The van der Waals surface area contributed by atoms with E-state index >= 15 is 0 Å². The molecule has 0 fully saturated rings. The van der Waals surface area contributed by atoms with Crippen molar-refractivity contribution in [1.82, 2.24) is 10.1 Å². The molecule has 7 heteroatoms. The van der Waals surface area contributed by atoms with Crippen molar-refractivity contribution in [2.75, 3.05) is 0 Å². The number of carbonyl (C=O) groups is 1. The van der Waals surface area contributed by atoms with Crippen molar-refractivity contribution in [2.24, 2.45) is 5.73 Å². The minimum atomic E-state index is -0.513. The zero-order chi connectivity index (χ0) is 14.7. The SMILES string of the molecule is NC(=O)c1cccc(OCc2nc(-c3ccoc3)no2)c1. The van der Waals surface area contributed by atoms with Crippen molar-refractivity contribution in [1.29, 1.82) is 0 Å². The van der Waals surface area contributed by atoms with Crippen molar-refractivity contribution in [3.05, 3.63) is 54.3 Å². The van der Waals surface area contributed by atoms with Crippen LogP contribution in [-0.4, -0.2) is 16.0 Å². The highest BCUT2D eigenvalue weighted by Crippen LogP contribution is 2.18. The third kappa shape index (κ3) is 2.92. The number of aromatic nitrogens is 2. The molecule has 0 aliphatic carbocycles. The summed E-state index contributed by atoms with van der Waals surface area (Å²) in [5.74, 6) is 0.721. The van der Waals surface area contributed by atoms with E-state index in [9.17, 15) is 4.79 Å². The molecule has 3 aromatic rings. The summed E-state index contributed by atoms with van der Waals surface area (Å²) in [6, 6.07) is 8.28. The maximum Gasteiger partial charge on any atom is 0.264 e. The molecule has 0 bridgehead atoms. The van der Waals surface area contributed by atoms with E-state index in [-0.39, 0.29) is 6.61 Å². The van der Waals surface area contributed by atoms with Gasteiger partial charge in [0.15, 0.2) is 6.61 Å². The average Bonchev–Trinajstić information content (AvgIpc) is 3.16. The summed E-state index contributed by atoms with van der Waals surface area (Å²) in [5, 5.41) is 3.82. The Labute approximate surface area is 119 Å². The van der Waals surface area contributed by atoms with Gasteiger partial charge in [0.05, 0.1) is 11.8 Å². The fourth-order valence-electron chi connectivity index (χ4n) is 1.71. The standard InChI is InChI=1S/C14H11N3O4/c15-13(18)9-2-1-3-11(6-9)20-8-12-16-14(17-21-12)10-4-5-19-7-10/h1-7H,8H2,(H2,15,18). The first-order chi connectivity index (χ1) is 10.2. The van der Waals surface area contributed by atoms with Crippen molar-refractivity contribution in [3.8, 4) is 17.1 Å². The van der Waals surface area contributed by atoms with Gasteiger partial charge >= 0.3 is 0 Å². The smallest absolute Gasteiger partial charge is 0.264 e. The van der Waals surface area contributed by atoms with E-state index < -0.39 is 5.91 Å². The van der Waals surface area contributed by atoms with Gasteiger partial charge in [-0.15, -0.1) is 0 Å². The van der Waals surface area contributed by atoms with Gasteiger partial charge < -0.3 is 19.4 Å². The molecule has 2 N–H and O–H groups in total. The van der Waals surface area contributed by atoms with Gasteiger partial charge in [0.2, 0.25) is 11.7 Å². The minimum Gasteiger partial charge on any atom is -0.484 e. The summed E-state index contributed by atoms with van der Waals surface area (Å²) in [4.78, 5) is 15.2.